The average molecular weight is 265 g/mol. The third kappa shape index (κ3) is 8.47. The van der Waals surface area contributed by atoms with E-state index in [-0.39, 0.29) is 18.3 Å². The summed E-state index contributed by atoms with van der Waals surface area (Å²) in [5, 5.41) is 9.46. The summed E-state index contributed by atoms with van der Waals surface area (Å²) in [6, 6.07) is -0.858. The summed E-state index contributed by atoms with van der Waals surface area (Å²) in [4.78, 5) is 22.2. The van der Waals surface area contributed by atoms with Gasteiger partial charge in [0.1, 0.15) is 6.04 Å². The first kappa shape index (κ1) is 15.7. The minimum atomic E-state index is -0.858. The number of nitrogens with one attached hydrogen (secondary N) is 2. The maximum absolute atomic E-state index is 11.3. The minimum absolute atomic E-state index is 0.0219. The Morgan fingerprint density at radius 1 is 1.47 bits per heavy atom. The fourth-order valence-electron chi connectivity index (χ4n) is 0.979. The van der Waals surface area contributed by atoms with E-state index >= 15 is 0 Å². The molecule has 7 nitrogen and oxygen atoms in total. The van der Waals surface area contributed by atoms with Crippen LogP contribution in [0.3, 0.4) is 0 Å². The number of rotatable bonds is 7. The van der Waals surface area contributed by atoms with E-state index in [1.807, 2.05) is 0 Å². The number of nitrogens with two attached hydrogens (primary N) is 2. The highest BCUT2D eigenvalue weighted by Gasteiger charge is 2.17. The Balaban J connectivity index is 3.74. The van der Waals surface area contributed by atoms with Gasteiger partial charge < -0.3 is 21.5 Å². The van der Waals surface area contributed by atoms with Crippen LogP contribution < -0.4 is 16.8 Å². The molecule has 8 heteroatoms. The van der Waals surface area contributed by atoms with Gasteiger partial charge in [-0.3, -0.25) is 10.2 Å². The van der Waals surface area contributed by atoms with Crippen LogP contribution in [0.15, 0.2) is 0 Å². The van der Waals surface area contributed by atoms with E-state index in [4.69, 9.17) is 28.5 Å². The third-order valence-corrected chi connectivity index (χ3v) is 2.01. The minimum Gasteiger partial charge on any atom is -0.392 e. The van der Waals surface area contributed by atoms with Gasteiger partial charge in [-0.1, -0.05) is 0 Å². The highest BCUT2D eigenvalue weighted by atomic mass is 35.5. The predicted octanol–water partition coefficient (Wildman–Crippen LogP) is -0.724. The largest absolute Gasteiger partial charge is 0.392 e. The Labute approximate surface area is 104 Å². The van der Waals surface area contributed by atoms with Crippen LogP contribution in [0.1, 0.15) is 19.3 Å². The maximum Gasteiger partial charge on any atom is 0.330 e. The molecular formula is C9H17ClN4O3. The number of carbonyl (C=O) groups is 2. The zero-order valence-corrected chi connectivity index (χ0v) is 10.1. The van der Waals surface area contributed by atoms with Gasteiger partial charge in [0.25, 0.3) is 0 Å². The summed E-state index contributed by atoms with van der Waals surface area (Å²) in [6.07, 6.45) is 0.860. The number of alkyl halides is 1. The molecule has 0 aromatic carbocycles. The standard InChI is InChI=1S/C9H17ClN4O3/c10-4-3-7(15)17-8(16)6(11)2-1-5-14-9(12)13/h6H,1-5,11H2,(H4,12,13,14)/t6-/m0/s1. The Kier molecular flexibility index (Phi) is 8.08. The molecule has 0 aliphatic carbocycles. The van der Waals surface area contributed by atoms with E-state index < -0.39 is 18.0 Å². The fraction of sp³-hybridized carbons (Fsp3) is 0.667. The van der Waals surface area contributed by atoms with E-state index in [1.54, 1.807) is 0 Å². The normalized spacial score (nSPS) is 11.6. The van der Waals surface area contributed by atoms with Crippen LogP contribution in [0.4, 0.5) is 0 Å². The number of guanidine groups is 1. The fourth-order valence-corrected chi connectivity index (χ4v) is 1.13. The smallest absolute Gasteiger partial charge is 0.330 e. The van der Waals surface area contributed by atoms with Crippen molar-refractivity contribution < 1.29 is 14.3 Å². The summed E-state index contributed by atoms with van der Waals surface area (Å²) >= 11 is 5.31. The van der Waals surface area contributed by atoms with Crippen molar-refractivity contribution in [2.45, 2.75) is 25.3 Å². The first-order chi connectivity index (χ1) is 7.97. The molecule has 0 rings (SSSR count). The van der Waals surface area contributed by atoms with E-state index in [0.29, 0.717) is 19.4 Å². The summed E-state index contributed by atoms with van der Waals surface area (Å²) in [5.74, 6) is -1.48. The van der Waals surface area contributed by atoms with Crippen LogP contribution in [0.2, 0.25) is 0 Å². The summed E-state index contributed by atoms with van der Waals surface area (Å²) < 4.78 is 4.46. The molecule has 0 aliphatic rings. The molecule has 0 bridgehead atoms. The molecular weight excluding hydrogens is 248 g/mol. The molecule has 0 saturated carbocycles. The molecule has 6 N–H and O–H groups in total. The van der Waals surface area contributed by atoms with Crippen LogP contribution in [-0.4, -0.2) is 36.4 Å². The van der Waals surface area contributed by atoms with Crippen LogP contribution in [0.5, 0.6) is 0 Å². The van der Waals surface area contributed by atoms with Crippen LogP contribution in [0, 0.1) is 5.41 Å². The zero-order valence-electron chi connectivity index (χ0n) is 9.37. The van der Waals surface area contributed by atoms with Gasteiger partial charge in [-0.15, -0.1) is 11.6 Å². The Morgan fingerprint density at radius 2 is 2.12 bits per heavy atom. The maximum atomic E-state index is 11.3. The second kappa shape index (κ2) is 8.77. The van der Waals surface area contributed by atoms with Gasteiger partial charge in [0.05, 0.1) is 6.42 Å². The van der Waals surface area contributed by atoms with Crippen molar-refractivity contribution in [2.75, 3.05) is 12.4 Å². The lowest BCUT2D eigenvalue weighted by Gasteiger charge is -2.10. The lowest BCUT2D eigenvalue weighted by molar-refractivity contribution is -0.160. The number of halogens is 1. The third-order valence-electron chi connectivity index (χ3n) is 1.82. The van der Waals surface area contributed by atoms with Crippen LogP contribution >= 0.6 is 11.6 Å². The van der Waals surface area contributed by atoms with Crippen LogP contribution in [0.25, 0.3) is 0 Å². The Bertz CT molecular complexity index is 285. The van der Waals surface area contributed by atoms with Gasteiger partial charge in [-0.25, -0.2) is 4.79 Å². The molecule has 0 aliphatic heterocycles. The second-order valence-corrected chi connectivity index (χ2v) is 3.70. The molecule has 0 aromatic rings. The number of ether oxygens (including phenoxy) is 1. The lowest BCUT2D eigenvalue weighted by atomic mass is 10.2. The van der Waals surface area contributed by atoms with Gasteiger partial charge in [0.2, 0.25) is 0 Å². The zero-order chi connectivity index (χ0) is 13.3. The predicted molar refractivity (Wildman–Crippen MR) is 63.6 cm³/mol. The highest BCUT2D eigenvalue weighted by Crippen LogP contribution is 1.98. The monoisotopic (exact) mass is 264 g/mol. The molecule has 0 unspecified atom stereocenters. The molecule has 0 radical (unpaired) electrons. The van der Waals surface area contributed by atoms with E-state index in [1.165, 1.54) is 0 Å². The molecule has 17 heavy (non-hydrogen) atoms. The number of esters is 2. The molecule has 98 valence electrons. The van der Waals surface area contributed by atoms with Crippen molar-refractivity contribution in [3.8, 4) is 0 Å². The van der Waals surface area contributed by atoms with Gasteiger partial charge in [-0.05, 0) is 12.8 Å². The van der Waals surface area contributed by atoms with Crippen molar-refractivity contribution in [1.82, 2.24) is 5.32 Å². The molecule has 0 amide bonds. The Hall–Kier alpha value is -1.34. The summed E-state index contributed by atoms with van der Waals surface area (Å²) in [7, 11) is 0. The number of hydrogen-bond acceptors (Lipinski definition) is 5. The SMILES string of the molecule is N=C(N)NCCC[C@H](N)C(=O)OC(=O)CCCl. The first-order valence-electron chi connectivity index (χ1n) is 5.11. The van der Waals surface area contributed by atoms with E-state index in [0.717, 1.165) is 0 Å². The van der Waals surface area contributed by atoms with Crippen molar-refractivity contribution in [3.63, 3.8) is 0 Å². The highest BCUT2D eigenvalue weighted by molar-refractivity contribution is 6.18. The van der Waals surface area contributed by atoms with Crippen molar-refractivity contribution in [2.24, 2.45) is 11.5 Å². The second-order valence-electron chi connectivity index (χ2n) is 3.32. The topological polar surface area (TPSA) is 131 Å². The van der Waals surface area contributed by atoms with E-state index in [9.17, 15) is 9.59 Å². The van der Waals surface area contributed by atoms with Crippen molar-refractivity contribution >= 4 is 29.5 Å². The van der Waals surface area contributed by atoms with Crippen molar-refractivity contribution in [3.05, 3.63) is 0 Å². The summed E-state index contributed by atoms with van der Waals surface area (Å²) in [6.45, 7) is 0.436. The molecule has 1 atom stereocenters. The molecule has 0 aromatic heterocycles. The van der Waals surface area contributed by atoms with Gasteiger partial charge >= 0.3 is 11.9 Å². The lowest BCUT2D eigenvalue weighted by Crippen LogP contribution is -2.36. The Morgan fingerprint density at radius 3 is 2.65 bits per heavy atom. The first-order valence-corrected chi connectivity index (χ1v) is 5.64. The number of carbonyl (C=O) groups excluding carboxylic acids is 2. The summed E-state index contributed by atoms with van der Waals surface area (Å²) in [5.41, 5.74) is 10.6. The van der Waals surface area contributed by atoms with Crippen LogP contribution in [-0.2, 0) is 14.3 Å². The molecule has 0 heterocycles. The van der Waals surface area contributed by atoms with Gasteiger partial charge in [-0.2, -0.15) is 0 Å². The van der Waals surface area contributed by atoms with Crippen molar-refractivity contribution in [1.29, 1.82) is 5.41 Å². The average Bonchev–Trinajstić information content (AvgIpc) is 2.23. The number of hydrogen-bond donors (Lipinski definition) is 4. The van der Waals surface area contributed by atoms with E-state index in [2.05, 4.69) is 10.1 Å². The van der Waals surface area contributed by atoms with Gasteiger partial charge in [0, 0.05) is 12.4 Å². The quantitative estimate of drug-likeness (QED) is 0.120. The molecule has 0 saturated heterocycles. The molecule has 0 spiro atoms. The van der Waals surface area contributed by atoms with Gasteiger partial charge in [0.15, 0.2) is 5.96 Å². The molecule has 0 fully saturated rings.